The highest BCUT2D eigenvalue weighted by Crippen LogP contribution is 2.35. The van der Waals surface area contributed by atoms with Gasteiger partial charge in [-0.25, -0.2) is 4.79 Å². The van der Waals surface area contributed by atoms with E-state index >= 15 is 0 Å². The summed E-state index contributed by atoms with van der Waals surface area (Å²) < 4.78 is 0. The average molecular weight is 413 g/mol. The Labute approximate surface area is 175 Å². The largest absolute Gasteiger partial charge is 0.356 e. The first-order chi connectivity index (χ1) is 14.2. The first-order valence-corrected chi connectivity index (χ1v) is 11.8. The third-order valence-corrected chi connectivity index (χ3v) is 8.04. The van der Waals surface area contributed by atoms with Gasteiger partial charge in [-0.05, 0) is 43.7 Å². The number of aromatic amines is 1. The lowest BCUT2D eigenvalue weighted by molar-refractivity contribution is -0.122. The standard InChI is InChI=1S/C22H28N4O2S/c27-19(11-4-3-10-18-21-17(12-29-18)25-22(28)26-21)23-16-9-5-7-14-13-6-1-2-8-15(13)24-20(14)16/h1-2,6,8,16-18,21,24H,3-5,7,9-12H2,(H,23,27)(H2,25,26,28)/t16-,17+,18-,21+/m1/s1. The summed E-state index contributed by atoms with van der Waals surface area (Å²) in [6.45, 7) is 0. The molecule has 3 heterocycles. The molecule has 0 bridgehead atoms. The molecule has 3 amide bonds. The number of urea groups is 1. The van der Waals surface area contributed by atoms with E-state index in [0.29, 0.717) is 11.7 Å². The van der Waals surface area contributed by atoms with E-state index in [1.165, 1.54) is 22.2 Å². The molecule has 0 spiro atoms. The maximum Gasteiger partial charge on any atom is 0.315 e. The summed E-state index contributed by atoms with van der Waals surface area (Å²) >= 11 is 1.94. The van der Waals surface area contributed by atoms with Crippen molar-refractivity contribution in [2.75, 3.05) is 5.75 Å². The van der Waals surface area contributed by atoms with Crippen LogP contribution in [0, 0.1) is 0 Å². The number of carbonyl (C=O) groups excluding carboxylic acids is 2. The highest BCUT2D eigenvalue weighted by Gasteiger charge is 2.42. The average Bonchev–Trinajstić information content (AvgIpc) is 3.38. The van der Waals surface area contributed by atoms with Crippen molar-refractivity contribution in [1.29, 1.82) is 0 Å². The van der Waals surface area contributed by atoms with Gasteiger partial charge in [0.1, 0.15) is 0 Å². The Hall–Kier alpha value is -2.15. The van der Waals surface area contributed by atoms with Crippen LogP contribution in [0.3, 0.4) is 0 Å². The van der Waals surface area contributed by atoms with Crippen LogP contribution in [0.1, 0.15) is 55.8 Å². The van der Waals surface area contributed by atoms with Gasteiger partial charge in [-0.3, -0.25) is 4.79 Å². The van der Waals surface area contributed by atoms with E-state index in [2.05, 4.69) is 45.2 Å². The van der Waals surface area contributed by atoms with Crippen LogP contribution >= 0.6 is 11.8 Å². The van der Waals surface area contributed by atoms with Gasteiger partial charge in [0.15, 0.2) is 0 Å². The third kappa shape index (κ3) is 3.72. The van der Waals surface area contributed by atoms with Crippen LogP contribution < -0.4 is 16.0 Å². The van der Waals surface area contributed by atoms with Gasteiger partial charge in [0.25, 0.3) is 0 Å². The predicted molar refractivity (Wildman–Crippen MR) is 116 cm³/mol. The molecule has 6 nitrogen and oxygen atoms in total. The summed E-state index contributed by atoms with van der Waals surface area (Å²) in [5.74, 6) is 1.14. The SMILES string of the molecule is O=C(CCCC[C@H]1SC[C@@H]2NC(=O)N[C@@H]21)N[C@@H]1CCCc2c1[nH]c1ccccc21. The predicted octanol–water partition coefficient (Wildman–Crippen LogP) is 3.39. The number of nitrogens with one attached hydrogen (secondary N) is 4. The van der Waals surface area contributed by atoms with E-state index in [0.717, 1.165) is 44.3 Å². The fourth-order valence-electron chi connectivity index (χ4n) is 5.10. The third-order valence-electron chi connectivity index (χ3n) is 6.53. The highest BCUT2D eigenvalue weighted by molar-refractivity contribution is 8.00. The molecule has 1 aromatic heterocycles. The Morgan fingerprint density at radius 1 is 1.21 bits per heavy atom. The zero-order chi connectivity index (χ0) is 19.8. The van der Waals surface area contributed by atoms with Crippen LogP contribution in [0.4, 0.5) is 4.79 Å². The molecule has 2 fully saturated rings. The molecule has 5 rings (SSSR count). The van der Waals surface area contributed by atoms with E-state index in [1.54, 1.807) is 0 Å². The number of fused-ring (bicyclic) bond motifs is 4. The zero-order valence-electron chi connectivity index (χ0n) is 16.5. The number of aryl methyl sites for hydroxylation is 1. The van der Waals surface area contributed by atoms with Gasteiger partial charge in [0, 0.05) is 34.0 Å². The minimum absolute atomic E-state index is 0.0338. The molecule has 1 aliphatic carbocycles. The number of benzene rings is 1. The second kappa shape index (κ2) is 7.94. The number of unbranched alkanes of at least 4 members (excludes halogenated alkanes) is 1. The summed E-state index contributed by atoms with van der Waals surface area (Å²) in [5, 5.41) is 11.0. The molecule has 4 N–H and O–H groups in total. The summed E-state index contributed by atoms with van der Waals surface area (Å²) in [6, 6.07) is 9.01. The van der Waals surface area contributed by atoms with Crippen molar-refractivity contribution < 1.29 is 9.59 Å². The van der Waals surface area contributed by atoms with Crippen LogP contribution in [-0.2, 0) is 11.2 Å². The Kier molecular flexibility index (Phi) is 5.16. The van der Waals surface area contributed by atoms with Crippen LogP contribution in [-0.4, -0.2) is 40.0 Å². The van der Waals surface area contributed by atoms with Crippen molar-refractivity contribution in [2.24, 2.45) is 0 Å². The minimum Gasteiger partial charge on any atom is -0.356 e. The van der Waals surface area contributed by atoms with E-state index in [9.17, 15) is 9.59 Å². The Balaban J connectivity index is 1.11. The summed E-state index contributed by atoms with van der Waals surface area (Å²) in [5.41, 5.74) is 3.74. The van der Waals surface area contributed by atoms with Crippen LogP contribution in [0.25, 0.3) is 10.9 Å². The van der Waals surface area contributed by atoms with Gasteiger partial charge in [-0.2, -0.15) is 11.8 Å². The van der Waals surface area contributed by atoms with Crippen molar-refractivity contribution in [1.82, 2.24) is 20.9 Å². The van der Waals surface area contributed by atoms with E-state index in [-0.39, 0.29) is 30.1 Å². The van der Waals surface area contributed by atoms with Crippen LogP contribution in [0.5, 0.6) is 0 Å². The Bertz CT molecular complexity index is 927. The quantitative estimate of drug-likeness (QED) is 0.433. The van der Waals surface area contributed by atoms with Gasteiger partial charge in [-0.15, -0.1) is 0 Å². The van der Waals surface area contributed by atoms with Gasteiger partial charge in [0.05, 0.1) is 18.1 Å². The number of amides is 3. The van der Waals surface area contributed by atoms with Crippen molar-refractivity contribution >= 4 is 34.6 Å². The molecule has 7 heteroatoms. The van der Waals surface area contributed by atoms with Gasteiger partial charge in [0.2, 0.25) is 5.91 Å². The Morgan fingerprint density at radius 3 is 3.03 bits per heavy atom. The van der Waals surface area contributed by atoms with Crippen LogP contribution in [0.15, 0.2) is 24.3 Å². The number of para-hydroxylation sites is 1. The van der Waals surface area contributed by atoms with Gasteiger partial charge >= 0.3 is 6.03 Å². The lowest BCUT2D eigenvalue weighted by atomic mass is 9.91. The molecule has 3 aliphatic rings. The Morgan fingerprint density at radius 2 is 2.10 bits per heavy atom. The fourth-order valence-corrected chi connectivity index (χ4v) is 6.64. The number of carbonyl (C=O) groups is 2. The number of hydrogen-bond acceptors (Lipinski definition) is 3. The van der Waals surface area contributed by atoms with Crippen molar-refractivity contribution in [3.8, 4) is 0 Å². The van der Waals surface area contributed by atoms with Gasteiger partial charge < -0.3 is 20.9 Å². The molecule has 2 aromatic rings. The number of hydrogen-bond donors (Lipinski definition) is 4. The molecule has 0 saturated carbocycles. The zero-order valence-corrected chi connectivity index (χ0v) is 17.3. The molecular formula is C22H28N4O2S. The van der Waals surface area contributed by atoms with E-state index in [4.69, 9.17) is 0 Å². The molecule has 2 aliphatic heterocycles. The lowest BCUT2D eigenvalue weighted by Gasteiger charge is -2.24. The summed E-state index contributed by atoms with van der Waals surface area (Å²) in [6.07, 6.45) is 6.73. The maximum absolute atomic E-state index is 12.6. The highest BCUT2D eigenvalue weighted by atomic mass is 32.2. The minimum atomic E-state index is -0.0338. The summed E-state index contributed by atoms with van der Waals surface area (Å²) in [4.78, 5) is 27.6. The molecule has 0 unspecified atom stereocenters. The normalized spacial score (nSPS) is 27.9. The molecular weight excluding hydrogens is 384 g/mol. The lowest BCUT2D eigenvalue weighted by Crippen LogP contribution is -2.36. The van der Waals surface area contributed by atoms with E-state index < -0.39 is 0 Å². The van der Waals surface area contributed by atoms with E-state index in [1.807, 2.05) is 11.8 Å². The number of rotatable bonds is 6. The molecule has 4 atom stereocenters. The fraction of sp³-hybridized carbons (Fsp3) is 0.545. The summed E-state index contributed by atoms with van der Waals surface area (Å²) in [7, 11) is 0. The van der Waals surface area contributed by atoms with Gasteiger partial charge in [-0.1, -0.05) is 24.6 Å². The van der Waals surface area contributed by atoms with Crippen molar-refractivity contribution in [3.05, 3.63) is 35.5 Å². The number of aromatic nitrogens is 1. The molecule has 2 saturated heterocycles. The second-order valence-electron chi connectivity index (χ2n) is 8.44. The van der Waals surface area contributed by atoms with Crippen LogP contribution in [0.2, 0.25) is 0 Å². The monoisotopic (exact) mass is 412 g/mol. The van der Waals surface area contributed by atoms with Crippen molar-refractivity contribution in [2.45, 2.75) is 68.3 Å². The van der Waals surface area contributed by atoms with Crippen molar-refractivity contribution in [3.63, 3.8) is 0 Å². The smallest absolute Gasteiger partial charge is 0.315 e. The molecule has 1 aromatic carbocycles. The second-order valence-corrected chi connectivity index (χ2v) is 9.71. The number of thioether (sulfide) groups is 1. The number of H-pyrrole nitrogens is 1. The molecule has 154 valence electrons. The maximum atomic E-state index is 12.6. The molecule has 0 radical (unpaired) electrons. The first-order valence-electron chi connectivity index (χ1n) is 10.8. The molecule has 29 heavy (non-hydrogen) atoms. The first kappa shape index (κ1) is 18.9. The topological polar surface area (TPSA) is 86.0 Å².